The molecule has 0 bridgehead atoms. The zero-order chi connectivity index (χ0) is 15.7. The molecule has 2 aromatic rings. The highest BCUT2D eigenvalue weighted by atomic mass is 16.2. The number of aromatic amines is 1. The molecular formula is C16H20N4O2. The maximum Gasteiger partial charge on any atom is 0.254 e. The second-order valence-corrected chi connectivity index (χ2v) is 5.93. The largest absolute Gasteiger partial charge is 0.338 e. The molecule has 1 aliphatic heterocycles. The van der Waals surface area contributed by atoms with E-state index in [1.807, 2.05) is 17.9 Å². The van der Waals surface area contributed by atoms with E-state index in [9.17, 15) is 9.59 Å². The first kappa shape index (κ1) is 14.6. The normalized spacial score (nSPS) is 18.5. The van der Waals surface area contributed by atoms with Gasteiger partial charge in [0.1, 0.15) is 0 Å². The van der Waals surface area contributed by atoms with Crippen LogP contribution in [0.3, 0.4) is 0 Å². The maximum absolute atomic E-state index is 12.6. The van der Waals surface area contributed by atoms with E-state index in [-0.39, 0.29) is 17.4 Å². The number of H-pyrrole nitrogens is 1. The Morgan fingerprint density at radius 2 is 2.23 bits per heavy atom. The van der Waals surface area contributed by atoms with Crippen LogP contribution in [-0.2, 0) is 7.05 Å². The fourth-order valence-electron chi connectivity index (χ4n) is 2.92. The van der Waals surface area contributed by atoms with Gasteiger partial charge in [-0.3, -0.25) is 14.7 Å². The molecule has 0 spiro atoms. The van der Waals surface area contributed by atoms with Crippen molar-refractivity contribution >= 4 is 5.91 Å². The van der Waals surface area contributed by atoms with E-state index in [1.54, 1.807) is 19.3 Å². The lowest BCUT2D eigenvalue weighted by Crippen LogP contribution is -2.39. The average molecular weight is 300 g/mol. The smallest absolute Gasteiger partial charge is 0.254 e. The predicted octanol–water partition coefficient (Wildman–Crippen LogP) is 1.44. The minimum Gasteiger partial charge on any atom is -0.338 e. The number of hydrogen-bond acceptors (Lipinski definition) is 3. The van der Waals surface area contributed by atoms with E-state index >= 15 is 0 Å². The number of piperidine rings is 1. The summed E-state index contributed by atoms with van der Waals surface area (Å²) < 4.78 is 1.46. The lowest BCUT2D eigenvalue weighted by atomic mass is 9.94. The first-order valence-electron chi connectivity index (χ1n) is 7.52. The Bertz CT molecular complexity index is 747. The highest BCUT2D eigenvalue weighted by molar-refractivity contribution is 5.94. The summed E-state index contributed by atoms with van der Waals surface area (Å²) in [6.07, 6.45) is 3.62. The Morgan fingerprint density at radius 3 is 2.91 bits per heavy atom. The molecule has 1 atom stereocenters. The van der Waals surface area contributed by atoms with E-state index in [2.05, 4.69) is 10.2 Å². The van der Waals surface area contributed by atoms with Crippen molar-refractivity contribution in [2.75, 3.05) is 13.1 Å². The Morgan fingerprint density at radius 1 is 1.41 bits per heavy atom. The number of pyridine rings is 1. The quantitative estimate of drug-likeness (QED) is 0.912. The van der Waals surface area contributed by atoms with Crippen LogP contribution in [0.4, 0.5) is 0 Å². The standard InChI is InChI=1S/C16H20N4O2/c1-11-8-14(18-17-11)13-4-3-6-20(10-13)16(22)12-5-7-19(2)15(21)9-12/h5,7-9,13H,3-4,6,10H2,1-2H3,(H,17,18)/t13-/m1/s1. The zero-order valence-electron chi connectivity index (χ0n) is 12.9. The van der Waals surface area contributed by atoms with Crippen LogP contribution in [-0.4, -0.2) is 38.7 Å². The molecule has 116 valence electrons. The molecule has 1 saturated heterocycles. The van der Waals surface area contributed by atoms with Crippen molar-refractivity contribution < 1.29 is 4.79 Å². The molecular weight excluding hydrogens is 280 g/mol. The van der Waals surface area contributed by atoms with Crippen molar-refractivity contribution in [3.05, 3.63) is 51.7 Å². The topological polar surface area (TPSA) is 71.0 Å². The van der Waals surface area contributed by atoms with Gasteiger partial charge >= 0.3 is 0 Å². The van der Waals surface area contributed by atoms with E-state index in [0.717, 1.165) is 30.8 Å². The van der Waals surface area contributed by atoms with Gasteiger partial charge in [0.05, 0.1) is 5.69 Å². The van der Waals surface area contributed by atoms with Crippen LogP contribution in [0, 0.1) is 6.92 Å². The molecule has 6 nitrogen and oxygen atoms in total. The number of amides is 1. The molecule has 0 unspecified atom stereocenters. The Hall–Kier alpha value is -2.37. The van der Waals surface area contributed by atoms with Crippen LogP contribution in [0.15, 0.2) is 29.2 Å². The van der Waals surface area contributed by atoms with Gasteiger partial charge < -0.3 is 9.47 Å². The molecule has 0 saturated carbocycles. The Kier molecular flexibility index (Phi) is 3.83. The number of nitrogens with zero attached hydrogens (tertiary/aromatic N) is 3. The summed E-state index contributed by atoms with van der Waals surface area (Å²) in [4.78, 5) is 26.1. The molecule has 3 rings (SSSR count). The lowest BCUT2D eigenvalue weighted by Gasteiger charge is -2.32. The van der Waals surface area contributed by atoms with Gasteiger partial charge in [-0.2, -0.15) is 5.10 Å². The van der Waals surface area contributed by atoms with Crippen LogP contribution in [0.25, 0.3) is 0 Å². The summed E-state index contributed by atoms with van der Waals surface area (Å²) >= 11 is 0. The maximum atomic E-state index is 12.6. The highest BCUT2D eigenvalue weighted by Gasteiger charge is 2.27. The Labute approximate surface area is 128 Å². The van der Waals surface area contributed by atoms with E-state index in [1.165, 1.54) is 10.6 Å². The third-order valence-electron chi connectivity index (χ3n) is 4.20. The molecule has 2 aromatic heterocycles. The highest BCUT2D eigenvalue weighted by Crippen LogP contribution is 2.26. The van der Waals surface area contributed by atoms with Crippen LogP contribution in [0.1, 0.15) is 40.5 Å². The lowest BCUT2D eigenvalue weighted by molar-refractivity contribution is 0.0705. The molecule has 22 heavy (non-hydrogen) atoms. The van der Waals surface area contributed by atoms with Gasteiger partial charge in [0.15, 0.2) is 0 Å². The Balaban J connectivity index is 1.77. The number of aromatic nitrogens is 3. The minimum atomic E-state index is -0.165. The summed E-state index contributed by atoms with van der Waals surface area (Å²) in [5.74, 6) is 0.184. The average Bonchev–Trinajstić information content (AvgIpc) is 2.96. The summed E-state index contributed by atoms with van der Waals surface area (Å²) in [7, 11) is 1.67. The van der Waals surface area contributed by atoms with Gasteiger partial charge in [0.25, 0.3) is 11.5 Å². The van der Waals surface area contributed by atoms with Crippen molar-refractivity contribution in [1.29, 1.82) is 0 Å². The monoisotopic (exact) mass is 300 g/mol. The van der Waals surface area contributed by atoms with Crippen LogP contribution in [0.2, 0.25) is 0 Å². The number of hydrogen-bond donors (Lipinski definition) is 1. The molecule has 0 aromatic carbocycles. The van der Waals surface area contributed by atoms with Crippen LogP contribution in [0.5, 0.6) is 0 Å². The molecule has 3 heterocycles. The minimum absolute atomic E-state index is 0.0744. The second-order valence-electron chi connectivity index (χ2n) is 5.93. The number of rotatable bonds is 2. The summed E-state index contributed by atoms with van der Waals surface area (Å²) in [5.41, 5.74) is 2.34. The predicted molar refractivity (Wildman–Crippen MR) is 82.9 cm³/mol. The molecule has 0 radical (unpaired) electrons. The van der Waals surface area contributed by atoms with E-state index in [4.69, 9.17) is 0 Å². The fraction of sp³-hybridized carbons (Fsp3) is 0.438. The third kappa shape index (κ3) is 2.81. The first-order valence-corrected chi connectivity index (χ1v) is 7.52. The number of carbonyl (C=O) groups is 1. The van der Waals surface area contributed by atoms with Crippen LogP contribution < -0.4 is 5.56 Å². The summed E-state index contributed by atoms with van der Waals surface area (Å²) in [6.45, 7) is 3.36. The molecule has 1 N–H and O–H groups in total. The van der Waals surface area contributed by atoms with E-state index in [0.29, 0.717) is 12.1 Å². The van der Waals surface area contributed by atoms with Gasteiger partial charge in [-0.05, 0) is 31.9 Å². The number of likely N-dealkylation sites (tertiary alicyclic amines) is 1. The number of nitrogens with one attached hydrogen (secondary N) is 1. The second kappa shape index (κ2) is 5.79. The fourth-order valence-corrected chi connectivity index (χ4v) is 2.92. The molecule has 6 heteroatoms. The van der Waals surface area contributed by atoms with E-state index < -0.39 is 0 Å². The van der Waals surface area contributed by atoms with Gasteiger partial charge in [-0.15, -0.1) is 0 Å². The van der Waals surface area contributed by atoms with Crippen molar-refractivity contribution in [3.8, 4) is 0 Å². The third-order valence-corrected chi connectivity index (χ3v) is 4.20. The molecule has 1 fully saturated rings. The van der Waals surface area contributed by atoms with Crippen LogP contribution >= 0.6 is 0 Å². The summed E-state index contributed by atoms with van der Waals surface area (Å²) in [6, 6.07) is 5.15. The van der Waals surface area contributed by atoms with Crippen molar-refractivity contribution in [3.63, 3.8) is 0 Å². The first-order chi connectivity index (χ1) is 10.5. The number of aryl methyl sites for hydroxylation is 2. The molecule has 1 amide bonds. The van der Waals surface area contributed by atoms with Gasteiger partial charge in [0, 0.05) is 49.6 Å². The van der Waals surface area contributed by atoms with Crippen molar-refractivity contribution in [1.82, 2.24) is 19.7 Å². The summed E-state index contributed by atoms with van der Waals surface area (Å²) in [5, 5.41) is 7.27. The van der Waals surface area contributed by atoms with Gasteiger partial charge in [-0.1, -0.05) is 0 Å². The molecule has 0 aliphatic carbocycles. The van der Waals surface area contributed by atoms with Crippen molar-refractivity contribution in [2.24, 2.45) is 7.05 Å². The number of carbonyl (C=O) groups excluding carboxylic acids is 1. The van der Waals surface area contributed by atoms with Gasteiger partial charge in [-0.25, -0.2) is 0 Å². The molecule has 1 aliphatic rings. The van der Waals surface area contributed by atoms with Gasteiger partial charge in [0.2, 0.25) is 0 Å². The van der Waals surface area contributed by atoms with Crippen molar-refractivity contribution in [2.45, 2.75) is 25.7 Å². The SMILES string of the molecule is Cc1cc([C@@H]2CCCN(C(=O)c3ccn(C)c(=O)c3)C2)n[nH]1. The zero-order valence-corrected chi connectivity index (χ0v) is 12.9.